The van der Waals surface area contributed by atoms with E-state index >= 15 is 0 Å². The molecule has 2 aliphatic heterocycles. The zero-order valence-electron chi connectivity index (χ0n) is 16.0. The van der Waals surface area contributed by atoms with E-state index in [1.807, 2.05) is 18.2 Å². The fourth-order valence-electron chi connectivity index (χ4n) is 4.36. The van der Waals surface area contributed by atoms with E-state index < -0.39 is 36.8 Å². The maximum atomic E-state index is 10.7. The van der Waals surface area contributed by atoms with Gasteiger partial charge >= 0.3 is 0 Å². The topological polar surface area (TPSA) is 99.4 Å². The molecule has 2 heterocycles. The Bertz CT molecular complexity index is 798. The third-order valence-corrected chi connectivity index (χ3v) is 6.15. The zero-order valence-corrected chi connectivity index (χ0v) is 16.0. The largest absolute Gasteiger partial charge is 0.394 e. The highest BCUT2D eigenvalue weighted by atomic mass is 16.7. The summed E-state index contributed by atoms with van der Waals surface area (Å²) in [7, 11) is 0. The molecule has 0 radical (unpaired) electrons. The van der Waals surface area contributed by atoms with Gasteiger partial charge in [0.1, 0.15) is 24.4 Å². The molecule has 1 unspecified atom stereocenters. The fourth-order valence-corrected chi connectivity index (χ4v) is 4.36. The monoisotopic (exact) mass is 388 g/mol. The second-order valence-corrected chi connectivity index (χ2v) is 7.89. The number of rotatable bonds is 4. The van der Waals surface area contributed by atoms with Gasteiger partial charge in [-0.05, 0) is 42.9 Å². The second kappa shape index (κ2) is 7.71. The molecule has 6 nitrogen and oxygen atoms in total. The lowest BCUT2D eigenvalue weighted by Gasteiger charge is -2.46. The van der Waals surface area contributed by atoms with E-state index in [0.29, 0.717) is 5.56 Å². The minimum Gasteiger partial charge on any atom is -0.394 e. The summed E-state index contributed by atoms with van der Waals surface area (Å²) in [6.45, 7) is 1.92. The second-order valence-electron chi connectivity index (χ2n) is 7.89. The molecule has 1 spiro atoms. The Morgan fingerprint density at radius 1 is 1.07 bits per heavy atom. The van der Waals surface area contributed by atoms with Gasteiger partial charge in [0.15, 0.2) is 0 Å². The Balaban J connectivity index is 1.64. The van der Waals surface area contributed by atoms with Crippen molar-refractivity contribution in [3.8, 4) is 0 Å². The first-order chi connectivity index (χ1) is 13.5. The van der Waals surface area contributed by atoms with Crippen molar-refractivity contribution in [2.45, 2.75) is 69.4 Å². The van der Waals surface area contributed by atoms with Gasteiger partial charge in [0, 0.05) is 5.56 Å². The van der Waals surface area contributed by atoms with E-state index in [0.717, 1.165) is 36.8 Å². The van der Waals surface area contributed by atoms with Crippen LogP contribution < -0.4 is 0 Å². The zero-order chi connectivity index (χ0) is 19.9. The van der Waals surface area contributed by atoms with Crippen LogP contribution in [-0.2, 0) is 28.3 Å². The van der Waals surface area contributed by atoms with Crippen LogP contribution in [-0.4, -0.2) is 51.4 Å². The summed E-state index contributed by atoms with van der Waals surface area (Å²) in [5.74, 6) is -1.58. The van der Waals surface area contributed by atoms with Crippen molar-refractivity contribution < 1.29 is 29.9 Å². The fraction of sp³-hybridized carbons (Fsp3) is 0.545. The Labute approximate surface area is 164 Å². The maximum Gasteiger partial charge on any atom is 0.225 e. The van der Waals surface area contributed by atoms with Gasteiger partial charge in [-0.3, -0.25) is 0 Å². The van der Waals surface area contributed by atoms with Gasteiger partial charge < -0.3 is 29.9 Å². The lowest BCUT2D eigenvalue weighted by molar-refractivity contribution is -0.368. The molecular weight excluding hydrogens is 360 g/mol. The molecular formula is C22H28O6. The number of aliphatic hydroxyl groups excluding tert-OH is 4. The highest BCUT2D eigenvalue weighted by molar-refractivity contribution is 5.41. The average molecular weight is 388 g/mol. The Kier molecular flexibility index (Phi) is 5.44. The molecule has 1 aromatic rings. The molecule has 5 atom stereocenters. The minimum absolute atomic E-state index is 0.235. The summed E-state index contributed by atoms with van der Waals surface area (Å²) in [5.41, 5.74) is 5.41. The van der Waals surface area contributed by atoms with Gasteiger partial charge in [-0.15, -0.1) is 0 Å². The molecule has 0 saturated carbocycles. The highest BCUT2D eigenvalue weighted by Crippen LogP contribution is 2.46. The molecule has 1 aliphatic carbocycles. The van der Waals surface area contributed by atoms with Crippen LogP contribution in [0.1, 0.15) is 42.9 Å². The SMILES string of the molecule is CCC1=CC=C(Cc2ccc3c(c2)[C@]2(OC3)OC(CO)[C@@H](O)[C@H](O)[C@H]2O)CC1. The number of allylic oxidation sites excluding steroid dienone is 4. The van der Waals surface area contributed by atoms with Crippen molar-refractivity contribution in [3.05, 3.63) is 58.2 Å². The molecule has 1 saturated heterocycles. The summed E-state index contributed by atoms with van der Waals surface area (Å²) in [5, 5.41) is 40.5. The Morgan fingerprint density at radius 3 is 2.50 bits per heavy atom. The molecule has 0 aromatic heterocycles. The number of fused-ring (bicyclic) bond motifs is 2. The van der Waals surface area contributed by atoms with Gasteiger partial charge in [0.25, 0.3) is 0 Å². The molecule has 1 fully saturated rings. The first-order valence-corrected chi connectivity index (χ1v) is 9.95. The van der Waals surface area contributed by atoms with Crippen LogP contribution in [0.2, 0.25) is 0 Å². The number of benzene rings is 1. The normalized spacial score (nSPS) is 34.9. The summed E-state index contributed by atoms with van der Waals surface area (Å²) < 4.78 is 11.6. The van der Waals surface area contributed by atoms with E-state index in [1.54, 1.807) is 0 Å². The molecule has 6 heteroatoms. The number of hydrogen-bond donors (Lipinski definition) is 4. The van der Waals surface area contributed by atoms with Crippen LogP contribution in [0.25, 0.3) is 0 Å². The van der Waals surface area contributed by atoms with Crippen LogP contribution >= 0.6 is 0 Å². The summed E-state index contributed by atoms with van der Waals surface area (Å²) in [6.07, 6.45) is 3.05. The van der Waals surface area contributed by atoms with Crippen molar-refractivity contribution in [2.24, 2.45) is 0 Å². The van der Waals surface area contributed by atoms with Crippen LogP contribution in [0.3, 0.4) is 0 Å². The standard InChI is InChI=1S/C22H28O6/c1-2-13-3-5-14(6-4-13)9-15-7-8-16-12-27-22(17(16)10-15)21(26)20(25)19(24)18(11-23)28-22/h3,5,7-8,10,18-21,23-26H,2,4,6,9,11-12H2,1H3/t18?,19-,20+,21-,22+/m1/s1. The van der Waals surface area contributed by atoms with Crippen molar-refractivity contribution in [1.29, 1.82) is 0 Å². The third kappa shape index (κ3) is 3.24. The van der Waals surface area contributed by atoms with Crippen LogP contribution in [0.15, 0.2) is 41.5 Å². The lowest BCUT2D eigenvalue weighted by Crippen LogP contribution is -2.63. The molecule has 0 amide bonds. The minimum atomic E-state index is -1.58. The third-order valence-electron chi connectivity index (χ3n) is 6.15. The molecule has 0 bridgehead atoms. The molecule has 4 N–H and O–H groups in total. The predicted molar refractivity (Wildman–Crippen MR) is 102 cm³/mol. The van der Waals surface area contributed by atoms with E-state index in [4.69, 9.17) is 9.47 Å². The van der Waals surface area contributed by atoms with Gasteiger partial charge in [-0.1, -0.05) is 42.4 Å². The van der Waals surface area contributed by atoms with Crippen LogP contribution in [0.5, 0.6) is 0 Å². The first kappa shape index (κ1) is 19.8. The quantitative estimate of drug-likeness (QED) is 0.623. The summed E-state index contributed by atoms with van der Waals surface area (Å²) in [6, 6.07) is 5.95. The van der Waals surface area contributed by atoms with Gasteiger partial charge in [-0.25, -0.2) is 0 Å². The first-order valence-electron chi connectivity index (χ1n) is 9.95. The van der Waals surface area contributed by atoms with Crippen molar-refractivity contribution in [1.82, 2.24) is 0 Å². The van der Waals surface area contributed by atoms with Gasteiger partial charge in [-0.2, -0.15) is 0 Å². The van der Waals surface area contributed by atoms with E-state index in [2.05, 4.69) is 19.1 Å². The molecule has 4 rings (SSSR count). The van der Waals surface area contributed by atoms with Gasteiger partial charge in [0.2, 0.25) is 5.79 Å². The lowest BCUT2D eigenvalue weighted by atomic mass is 9.86. The molecule has 3 aliphatic rings. The number of aliphatic hydroxyl groups is 4. The molecule has 28 heavy (non-hydrogen) atoms. The Hall–Kier alpha value is -1.54. The molecule has 152 valence electrons. The van der Waals surface area contributed by atoms with E-state index in [9.17, 15) is 20.4 Å². The summed E-state index contributed by atoms with van der Waals surface area (Å²) >= 11 is 0. The smallest absolute Gasteiger partial charge is 0.225 e. The average Bonchev–Trinajstić information content (AvgIpc) is 3.08. The highest BCUT2D eigenvalue weighted by Gasteiger charge is 2.58. The van der Waals surface area contributed by atoms with Crippen molar-refractivity contribution in [3.63, 3.8) is 0 Å². The van der Waals surface area contributed by atoms with E-state index in [1.165, 1.54) is 11.1 Å². The van der Waals surface area contributed by atoms with Crippen molar-refractivity contribution in [2.75, 3.05) is 6.61 Å². The predicted octanol–water partition coefficient (Wildman–Crippen LogP) is 1.44. The maximum absolute atomic E-state index is 10.7. The molecule has 1 aromatic carbocycles. The number of ether oxygens (including phenoxy) is 2. The van der Waals surface area contributed by atoms with Crippen molar-refractivity contribution >= 4 is 0 Å². The van der Waals surface area contributed by atoms with Crippen LogP contribution in [0.4, 0.5) is 0 Å². The van der Waals surface area contributed by atoms with Gasteiger partial charge in [0.05, 0.1) is 13.2 Å². The number of hydrogen-bond acceptors (Lipinski definition) is 6. The van der Waals surface area contributed by atoms with E-state index in [-0.39, 0.29) is 6.61 Å². The Morgan fingerprint density at radius 2 is 1.82 bits per heavy atom. The summed E-state index contributed by atoms with van der Waals surface area (Å²) in [4.78, 5) is 0. The van der Waals surface area contributed by atoms with Crippen LogP contribution in [0, 0.1) is 0 Å².